The van der Waals surface area contributed by atoms with E-state index in [9.17, 15) is 4.79 Å². The smallest absolute Gasteiger partial charge is 0.246 e. The third-order valence-corrected chi connectivity index (χ3v) is 2.82. The molecule has 0 aliphatic heterocycles. The normalized spacial score (nSPS) is 10.6. The fraction of sp³-hybridized carbons (Fsp3) is 0.308. The summed E-state index contributed by atoms with van der Waals surface area (Å²) in [7, 11) is 1.83. The summed E-state index contributed by atoms with van der Waals surface area (Å²) >= 11 is 1.74. The first-order valence-electron chi connectivity index (χ1n) is 5.21. The van der Waals surface area contributed by atoms with Crippen molar-refractivity contribution >= 4 is 23.7 Å². The first kappa shape index (κ1) is 12.8. The van der Waals surface area contributed by atoms with Crippen LogP contribution < -0.4 is 0 Å². The number of thioether (sulfide) groups is 1. The maximum Gasteiger partial charge on any atom is 0.246 e. The van der Waals surface area contributed by atoms with E-state index in [1.54, 1.807) is 22.7 Å². The summed E-state index contributed by atoms with van der Waals surface area (Å²) in [6.45, 7) is 0.791. The number of likely N-dealkylation sites (N-methyl/N-ethyl adjacent to an activating group) is 1. The van der Waals surface area contributed by atoms with Gasteiger partial charge in [0.1, 0.15) is 0 Å². The molecule has 0 saturated carbocycles. The van der Waals surface area contributed by atoms with E-state index in [2.05, 4.69) is 0 Å². The predicted molar refractivity (Wildman–Crippen MR) is 71.5 cm³/mol. The van der Waals surface area contributed by atoms with E-state index in [0.29, 0.717) is 0 Å². The average molecular weight is 235 g/mol. The van der Waals surface area contributed by atoms with Crippen molar-refractivity contribution in [2.45, 2.75) is 0 Å². The number of hydrogen-bond acceptors (Lipinski definition) is 2. The summed E-state index contributed by atoms with van der Waals surface area (Å²) in [5.41, 5.74) is 1.05. The zero-order valence-electron chi connectivity index (χ0n) is 9.72. The number of carbonyl (C=O) groups is 1. The highest BCUT2D eigenvalue weighted by molar-refractivity contribution is 7.98. The molecular weight excluding hydrogens is 218 g/mol. The van der Waals surface area contributed by atoms with Crippen molar-refractivity contribution in [1.82, 2.24) is 4.90 Å². The molecule has 16 heavy (non-hydrogen) atoms. The quantitative estimate of drug-likeness (QED) is 0.731. The minimum absolute atomic E-state index is 0.0536. The van der Waals surface area contributed by atoms with Gasteiger partial charge in [-0.1, -0.05) is 30.3 Å². The maximum atomic E-state index is 11.7. The lowest BCUT2D eigenvalue weighted by atomic mass is 10.2. The van der Waals surface area contributed by atoms with Gasteiger partial charge in [-0.25, -0.2) is 0 Å². The average Bonchev–Trinajstić information content (AvgIpc) is 2.34. The Kier molecular flexibility index (Phi) is 5.72. The van der Waals surface area contributed by atoms with E-state index in [1.807, 2.05) is 49.7 Å². The third kappa shape index (κ3) is 4.53. The van der Waals surface area contributed by atoms with Gasteiger partial charge in [-0.3, -0.25) is 4.79 Å². The van der Waals surface area contributed by atoms with Crippen molar-refractivity contribution in [3.63, 3.8) is 0 Å². The van der Waals surface area contributed by atoms with Crippen LogP contribution in [0, 0.1) is 0 Å². The van der Waals surface area contributed by atoms with E-state index in [4.69, 9.17) is 0 Å². The van der Waals surface area contributed by atoms with E-state index in [1.165, 1.54) is 0 Å². The second-order valence-electron chi connectivity index (χ2n) is 3.50. The molecule has 1 amide bonds. The molecule has 86 valence electrons. The van der Waals surface area contributed by atoms with Gasteiger partial charge in [0, 0.05) is 25.4 Å². The fourth-order valence-corrected chi connectivity index (χ4v) is 1.65. The van der Waals surface area contributed by atoms with Crippen LogP contribution in [0.4, 0.5) is 0 Å². The van der Waals surface area contributed by atoms with Gasteiger partial charge in [-0.15, -0.1) is 0 Å². The van der Waals surface area contributed by atoms with E-state index in [0.717, 1.165) is 17.9 Å². The Hall–Kier alpha value is -1.22. The summed E-state index contributed by atoms with van der Waals surface area (Å²) in [6, 6.07) is 9.84. The highest BCUT2D eigenvalue weighted by Crippen LogP contribution is 2.02. The summed E-state index contributed by atoms with van der Waals surface area (Å²) in [6.07, 6.45) is 5.51. The molecule has 0 unspecified atom stereocenters. The third-order valence-electron chi connectivity index (χ3n) is 2.22. The summed E-state index contributed by atoms with van der Waals surface area (Å²) in [5, 5.41) is 0. The minimum atomic E-state index is 0.0536. The lowest BCUT2D eigenvalue weighted by molar-refractivity contribution is -0.124. The van der Waals surface area contributed by atoms with Crippen molar-refractivity contribution in [1.29, 1.82) is 0 Å². The molecule has 2 nitrogen and oxygen atoms in total. The number of carbonyl (C=O) groups excluding carboxylic acids is 1. The van der Waals surface area contributed by atoms with Gasteiger partial charge in [0.05, 0.1) is 0 Å². The molecule has 0 aliphatic rings. The first-order valence-corrected chi connectivity index (χ1v) is 6.60. The molecule has 1 rings (SSSR count). The Morgan fingerprint density at radius 1 is 1.38 bits per heavy atom. The Morgan fingerprint density at radius 3 is 2.69 bits per heavy atom. The van der Waals surface area contributed by atoms with Crippen LogP contribution in [0.3, 0.4) is 0 Å². The number of rotatable bonds is 5. The zero-order valence-corrected chi connectivity index (χ0v) is 10.5. The van der Waals surface area contributed by atoms with Crippen LogP contribution in [0.25, 0.3) is 6.08 Å². The van der Waals surface area contributed by atoms with Crippen LogP contribution in [0.1, 0.15) is 5.56 Å². The molecule has 0 fully saturated rings. The lowest BCUT2D eigenvalue weighted by Gasteiger charge is -2.13. The largest absolute Gasteiger partial charge is 0.341 e. The van der Waals surface area contributed by atoms with E-state index >= 15 is 0 Å². The highest BCUT2D eigenvalue weighted by atomic mass is 32.2. The fourth-order valence-electron chi connectivity index (χ4n) is 1.20. The van der Waals surface area contributed by atoms with Crippen molar-refractivity contribution in [2.24, 2.45) is 0 Å². The minimum Gasteiger partial charge on any atom is -0.341 e. The number of hydrogen-bond donors (Lipinski definition) is 0. The van der Waals surface area contributed by atoms with Gasteiger partial charge in [0.25, 0.3) is 0 Å². The molecule has 0 heterocycles. The lowest BCUT2D eigenvalue weighted by Crippen LogP contribution is -2.26. The van der Waals surface area contributed by atoms with Crippen molar-refractivity contribution in [3.8, 4) is 0 Å². The van der Waals surface area contributed by atoms with Crippen LogP contribution in [0.5, 0.6) is 0 Å². The molecule has 0 radical (unpaired) electrons. The van der Waals surface area contributed by atoms with Crippen LogP contribution in [0.15, 0.2) is 36.4 Å². The molecule has 0 N–H and O–H groups in total. The van der Waals surface area contributed by atoms with Gasteiger partial charge in [0.15, 0.2) is 0 Å². The Morgan fingerprint density at radius 2 is 2.06 bits per heavy atom. The van der Waals surface area contributed by atoms with Gasteiger partial charge < -0.3 is 4.90 Å². The second-order valence-corrected chi connectivity index (χ2v) is 4.48. The van der Waals surface area contributed by atoms with Gasteiger partial charge in [-0.05, 0) is 17.9 Å². The Balaban J connectivity index is 2.48. The first-order chi connectivity index (χ1) is 7.74. The predicted octanol–water partition coefficient (Wildman–Crippen LogP) is 2.52. The number of amides is 1. The van der Waals surface area contributed by atoms with Crippen LogP contribution in [0.2, 0.25) is 0 Å². The number of benzene rings is 1. The molecule has 0 atom stereocenters. The molecule has 1 aromatic carbocycles. The SMILES string of the molecule is CSCCN(C)C(=O)/C=C/c1ccccc1. The Labute approximate surface area is 101 Å². The molecule has 0 bridgehead atoms. The maximum absolute atomic E-state index is 11.7. The highest BCUT2D eigenvalue weighted by Gasteiger charge is 2.02. The van der Waals surface area contributed by atoms with Crippen molar-refractivity contribution in [2.75, 3.05) is 25.6 Å². The molecule has 0 aromatic heterocycles. The zero-order chi connectivity index (χ0) is 11.8. The van der Waals surface area contributed by atoms with E-state index in [-0.39, 0.29) is 5.91 Å². The molecular formula is C13H17NOS. The van der Waals surface area contributed by atoms with Crippen LogP contribution >= 0.6 is 11.8 Å². The summed E-state index contributed by atoms with van der Waals surface area (Å²) in [4.78, 5) is 13.4. The molecule has 0 aliphatic carbocycles. The molecule has 0 saturated heterocycles. The van der Waals surface area contributed by atoms with Gasteiger partial charge >= 0.3 is 0 Å². The van der Waals surface area contributed by atoms with Gasteiger partial charge in [0.2, 0.25) is 5.91 Å². The standard InChI is InChI=1S/C13H17NOS/c1-14(10-11-16-2)13(15)9-8-12-6-4-3-5-7-12/h3-9H,10-11H2,1-2H3/b9-8+. The van der Waals surface area contributed by atoms with Crippen LogP contribution in [-0.2, 0) is 4.79 Å². The summed E-state index contributed by atoms with van der Waals surface area (Å²) in [5.74, 6) is 1.03. The van der Waals surface area contributed by atoms with Gasteiger partial charge in [-0.2, -0.15) is 11.8 Å². The monoisotopic (exact) mass is 235 g/mol. The molecule has 0 spiro atoms. The topological polar surface area (TPSA) is 20.3 Å². The van der Waals surface area contributed by atoms with E-state index < -0.39 is 0 Å². The van der Waals surface area contributed by atoms with Crippen LogP contribution in [-0.4, -0.2) is 36.4 Å². The molecule has 1 aromatic rings. The van der Waals surface area contributed by atoms with Crippen molar-refractivity contribution in [3.05, 3.63) is 42.0 Å². The number of nitrogens with zero attached hydrogens (tertiary/aromatic N) is 1. The molecule has 3 heteroatoms. The van der Waals surface area contributed by atoms with Crippen molar-refractivity contribution < 1.29 is 4.79 Å². The summed E-state index contributed by atoms with van der Waals surface area (Å²) < 4.78 is 0. The second kappa shape index (κ2) is 7.12. The Bertz CT molecular complexity index is 348.